The Hall–Kier alpha value is -2.97. The van der Waals surface area contributed by atoms with Gasteiger partial charge < -0.3 is 20.5 Å². The molecule has 4 rings (SSSR count). The molecule has 3 N–H and O–H groups in total. The van der Waals surface area contributed by atoms with E-state index in [1.54, 1.807) is 42.8 Å². The first kappa shape index (κ1) is 19.4. The summed E-state index contributed by atoms with van der Waals surface area (Å²) in [6.45, 7) is 2.37. The van der Waals surface area contributed by atoms with Gasteiger partial charge in [-0.3, -0.25) is 4.79 Å². The van der Waals surface area contributed by atoms with Crippen LogP contribution in [0.4, 0.5) is 9.52 Å². The maximum Gasteiger partial charge on any atom is 0.228 e. The molecule has 0 bridgehead atoms. The van der Waals surface area contributed by atoms with Crippen molar-refractivity contribution in [3.63, 3.8) is 0 Å². The molecule has 1 amide bonds. The molecule has 0 radical (unpaired) electrons. The number of rotatable bonds is 5. The number of fused-ring (bicyclic) bond motifs is 1. The fourth-order valence-electron chi connectivity index (χ4n) is 3.33. The van der Waals surface area contributed by atoms with Gasteiger partial charge in [0, 0.05) is 30.1 Å². The molecule has 1 aliphatic heterocycles. The van der Waals surface area contributed by atoms with Crippen LogP contribution in [0.25, 0.3) is 0 Å². The summed E-state index contributed by atoms with van der Waals surface area (Å²) in [6, 6.07) is 7.70. The number of phenolic OH excluding ortho intramolecular Hbond substituents is 1. The molecule has 6 nitrogen and oxygen atoms in total. The summed E-state index contributed by atoms with van der Waals surface area (Å²) in [5.74, 6) is -0.0244. The second-order valence-corrected chi connectivity index (χ2v) is 7.77. The third-order valence-corrected chi connectivity index (χ3v) is 5.51. The number of amides is 1. The molecule has 29 heavy (non-hydrogen) atoms. The van der Waals surface area contributed by atoms with Crippen LogP contribution in [0.3, 0.4) is 0 Å². The number of anilines is 1. The highest BCUT2D eigenvalue weighted by molar-refractivity contribution is 7.13. The number of ether oxygens (including phenoxy) is 1. The number of hydrogen-bond donors (Lipinski definition) is 3. The quantitative estimate of drug-likeness (QED) is 0.581. The van der Waals surface area contributed by atoms with Crippen LogP contribution in [0.15, 0.2) is 41.9 Å². The van der Waals surface area contributed by atoms with Gasteiger partial charge in [0.15, 0.2) is 16.6 Å². The van der Waals surface area contributed by atoms with E-state index in [1.807, 2.05) is 0 Å². The Morgan fingerprint density at radius 3 is 3.03 bits per heavy atom. The third kappa shape index (κ3) is 4.38. The van der Waals surface area contributed by atoms with Crippen LogP contribution in [0.1, 0.15) is 29.2 Å². The van der Waals surface area contributed by atoms with E-state index in [1.165, 1.54) is 17.4 Å². The summed E-state index contributed by atoms with van der Waals surface area (Å²) in [5.41, 5.74) is 2.35. The van der Waals surface area contributed by atoms with Gasteiger partial charge >= 0.3 is 0 Å². The number of phenols is 1. The zero-order valence-corrected chi connectivity index (χ0v) is 16.6. The molecule has 2 aromatic carbocycles. The van der Waals surface area contributed by atoms with E-state index < -0.39 is 0 Å². The number of carbonyl (C=O) groups excluding carboxylic acids is 1. The van der Waals surface area contributed by atoms with Crippen molar-refractivity contribution in [2.24, 2.45) is 0 Å². The van der Waals surface area contributed by atoms with Gasteiger partial charge in [-0.05, 0) is 54.8 Å². The number of aromatic hydroxyl groups is 1. The highest BCUT2D eigenvalue weighted by atomic mass is 32.1. The van der Waals surface area contributed by atoms with Gasteiger partial charge in [-0.2, -0.15) is 0 Å². The Kier molecular flexibility index (Phi) is 5.46. The van der Waals surface area contributed by atoms with Crippen LogP contribution in [0.2, 0.25) is 0 Å². The van der Waals surface area contributed by atoms with Gasteiger partial charge in [-0.1, -0.05) is 6.07 Å². The smallest absolute Gasteiger partial charge is 0.228 e. The van der Waals surface area contributed by atoms with Crippen LogP contribution in [-0.4, -0.2) is 22.5 Å². The van der Waals surface area contributed by atoms with Crippen molar-refractivity contribution in [1.29, 1.82) is 0 Å². The fourth-order valence-corrected chi connectivity index (χ4v) is 3.87. The minimum absolute atomic E-state index is 0.0161. The number of carbonyl (C=O) groups is 1. The predicted molar refractivity (Wildman–Crippen MR) is 109 cm³/mol. The molecule has 1 aromatic heterocycles. The zero-order valence-electron chi connectivity index (χ0n) is 15.7. The van der Waals surface area contributed by atoms with Crippen molar-refractivity contribution < 1.29 is 19.0 Å². The lowest BCUT2D eigenvalue weighted by Crippen LogP contribution is -2.32. The second-order valence-electron chi connectivity index (χ2n) is 6.88. The average molecular weight is 413 g/mol. The van der Waals surface area contributed by atoms with E-state index >= 15 is 0 Å². The summed E-state index contributed by atoms with van der Waals surface area (Å²) >= 11 is 1.36. The zero-order chi connectivity index (χ0) is 20.4. The van der Waals surface area contributed by atoms with Crippen molar-refractivity contribution in [1.82, 2.24) is 10.3 Å². The van der Waals surface area contributed by atoms with Gasteiger partial charge in [0.2, 0.25) is 5.91 Å². The first-order chi connectivity index (χ1) is 14.0. The molecule has 150 valence electrons. The SMILES string of the molecule is Cc1ccc(Oc2cc3c(cc2O)CCNC3CC(=O)Nc2nccs2)cc1F. The highest BCUT2D eigenvalue weighted by Gasteiger charge is 2.25. The van der Waals surface area contributed by atoms with Crippen LogP contribution in [-0.2, 0) is 11.2 Å². The molecule has 1 aliphatic rings. The summed E-state index contributed by atoms with van der Waals surface area (Å²) in [5, 5.41) is 18.8. The topological polar surface area (TPSA) is 83.5 Å². The Bertz CT molecular complexity index is 1040. The first-order valence-electron chi connectivity index (χ1n) is 9.22. The van der Waals surface area contributed by atoms with E-state index in [9.17, 15) is 14.3 Å². The van der Waals surface area contributed by atoms with E-state index in [0.29, 0.717) is 23.0 Å². The van der Waals surface area contributed by atoms with E-state index in [-0.39, 0.29) is 35.7 Å². The summed E-state index contributed by atoms with van der Waals surface area (Å²) < 4.78 is 19.5. The van der Waals surface area contributed by atoms with E-state index in [2.05, 4.69) is 15.6 Å². The van der Waals surface area contributed by atoms with E-state index in [0.717, 1.165) is 17.5 Å². The molecular formula is C21H20FN3O3S. The molecule has 8 heteroatoms. The maximum atomic E-state index is 13.8. The molecule has 0 fully saturated rings. The van der Waals surface area contributed by atoms with Gasteiger partial charge in [-0.25, -0.2) is 9.37 Å². The molecule has 0 spiro atoms. The molecular weight excluding hydrogens is 393 g/mol. The van der Waals surface area contributed by atoms with Crippen molar-refractivity contribution in [3.8, 4) is 17.2 Å². The Morgan fingerprint density at radius 2 is 2.28 bits per heavy atom. The Morgan fingerprint density at radius 1 is 1.41 bits per heavy atom. The predicted octanol–water partition coefficient (Wildman–Crippen LogP) is 4.30. The van der Waals surface area contributed by atoms with Crippen molar-refractivity contribution >= 4 is 22.4 Å². The lowest BCUT2D eigenvalue weighted by molar-refractivity contribution is -0.116. The van der Waals surface area contributed by atoms with Gasteiger partial charge in [0.25, 0.3) is 0 Å². The van der Waals surface area contributed by atoms with Crippen LogP contribution < -0.4 is 15.4 Å². The Balaban J connectivity index is 1.56. The van der Waals surface area contributed by atoms with Gasteiger partial charge in [0.05, 0.1) is 0 Å². The number of nitrogens with one attached hydrogen (secondary N) is 2. The molecule has 0 aliphatic carbocycles. The van der Waals surface area contributed by atoms with Crippen molar-refractivity contribution in [3.05, 3.63) is 64.4 Å². The number of aromatic nitrogens is 1. The minimum atomic E-state index is -0.377. The average Bonchev–Trinajstić information content (AvgIpc) is 3.18. The number of nitrogens with zero attached hydrogens (tertiary/aromatic N) is 1. The van der Waals surface area contributed by atoms with Crippen LogP contribution in [0, 0.1) is 12.7 Å². The summed E-state index contributed by atoms with van der Waals surface area (Å²) in [6.07, 6.45) is 2.58. The third-order valence-electron chi connectivity index (χ3n) is 4.82. The standard InChI is InChI=1S/C21H20FN3O3S/c1-12-2-3-14(9-16(12)22)28-19-10-15-13(8-18(19)26)4-5-23-17(15)11-20(27)25-21-24-6-7-29-21/h2-3,6-10,17,23,26H,4-5,11H2,1H3,(H,24,25,27). The molecule has 3 aromatic rings. The van der Waals surface area contributed by atoms with Crippen molar-refractivity contribution in [2.45, 2.75) is 25.8 Å². The number of aryl methyl sites for hydroxylation is 1. The number of halogens is 1. The minimum Gasteiger partial charge on any atom is -0.504 e. The maximum absolute atomic E-state index is 13.8. The molecule has 0 saturated carbocycles. The monoisotopic (exact) mass is 413 g/mol. The number of benzene rings is 2. The molecule has 1 unspecified atom stereocenters. The van der Waals surface area contributed by atoms with Crippen molar-refractivity contribution in [2.75, 3.05) is 11.9 Å². The van der Waals surface area contributed by atoms with Crippen LogP contribution in [0.5, 0.6) is 17.2 Å². The number of thiazole rings is 1. The highest BCUT2D eigenvalue weighted by Crippen LogP contribution is 2.38. The molecule has 1 atom stereocenters. The lowest BCUT2D eigenvalue weighted by atomic mass is 9.91. The summed E-state index contributed by atoms with van der Waals surface area (Å²) in [7, 11) is 0. The normalized spacial score (nSPS) is 15.6. The second kappa shape index (κ2) is 8.18. The lowest BCUT2D eigenvalue weighted by Gasteiger charge is -2.27. The summed E-state index contributed by atoms with van der Waals surface area (Å²) in [4.78, 5) is 16.5. The van der Waals surface area contributed by atoms with Gasteiger partial charge in [0.1, 0.15) is 11.6 Å². The molecule has 0 saturated heterocycles. The molecule has 2 heterocycles. The fraction of sp³-hybridized carbons (Fsp3) is 0.238. The van der Waals surface area contributed by atoms with E-state index in [4.69, 9.17) is 4.74 Å². The Labute approximate surface area is 171 Å². The number of hydrogen-bond acceptors (Lipinski definition) is 6. The first-order valence-corrected chi connectivity index (χ1v) is 10.1. The largest absolute Gasteiger partial charge is 0.504 e. The van der Waals surface area contributed by atoms with Gasteiger partial charge in [-0.15, -0.1) is 11.3 Å². The van der Waals surface area contributed by atoms with Crippen LogP contribution >= 0.6 is 11.3 Å².